The second-order valence-electron chi connectivity index (χ2n) is 3.08. The maximum atomic E-state index is 12.4. The SMILES string of the molecule is COC1(CF)CCCCC1. The molecule has 1 rings (SSSR count). The molecular formula is C8H15FO. The van der Waals surface area contributed by atoms with Crippen molar-refractivity contribution in [1.29, 1.82) is 0 Å². The fourth-order valence-electron chi connectivity index (χ4n) is 1.59. The van der Waals surface area contributed by atoms with Crippen molar-refractivity contribution >= 4 is 0 Å². The molecule has 1 saturated carbocycles. The van der Waals surface area contributed by atoms with Gasteiger partial charge >= 0.3 is 0 Å². The first kappa shape index (κ1) is 7.99. The number of halogens is 1. The molecule has 60 valence electrons. The molecule has 1 nitrogen and oxygen atoms in total. The van der Waals surface area contributed by atoms with Gasteiger partial charge in [-0.15, -0.1) is 0 Å². The number of methoxy groups -OCH3 is 1. The van der Waals surface area contributed by atoms with Crippen molar-refractivity contribution in [2.24, 2.45) is 0 Å². The lowest BCUT2D eigenvalue weighted by atomic mass is 9.86. The van der Waals surface area contributed by atoms with Gasteiger partial charge in [0.05, 0.1) is 5.60 Å². The van der Waals surface area contributed by atoms with Crippen LogP contribution in [0.15, 0.2) is 0 Å². The van der Waals surface area contributed by atoms with Crippen molar-refractivity contribution in [3.05, 3.63) is 0 Å². The van der Waals surface area contributed by atoms with Crippen LogP contribution < -0.4 is 0 Å². The zero-order valence-electron chi connectivity index (χ0n) is 6.53. The quantitative estimate of drug-likeness (QED) is 0.581. The number of rotatable bonds is 2. The minimum atomic E-state index is -0.405. The largest absolute Gasteiger partial charge is 0.376 e. The van der Waals surface area contributed by atoms with Gasteiger partial charge in [0.25, 0.3) is 0 Å². The van der Waals surface area contributed by atoms with Crippen LogP contribution in [0.1, 0.15) is 32.1 Å². The standard InChI is InChI=1S/C8H15FO/c1-10-8(7-9)5-3-2-4-6-8/h2-7H2,1H3. The summed E-state index contributed by atoms with van der Waals surface area (Å²) in [5.74, 6) is 0. The van der Waals surface area contributed by atoms with Crippen molar-refractivity contribution in [3.8, 4) is 0 Å². The summed E-state index contributed by atoms with van der Waals surface area (Å²) in [4.78, 5) is 0. The number of alkyl halides is 1. The summed E-state index contributed by atoms with van der Waals surface area (Å²) in [6.45, 7) is -0.316. The van der Waals surface area contributed by atoms with Crippen molar-refractivity contribution in [2.75, 3.05) is 13.8 Å². The van der Waals surface area contributed by atoms with E-state index in [-0.39, 0.29) is 6.67 Å². The highest BCUT2D eigenvalue weighted by Gasteiger charge is 2.31. The Bertz CT molecular complexity index is 91.4. The van der Waals surface area contributed by atoms with Gasteiger partial charge in [-0.3, -0.25) is 0 Å². The van der Waals surface area contributed by atoms with Gasteiger partial charge < -0.3 is 4.74 Å². The molecule has 0 atom stereocenters. The Balaban J connectivity index is 2.44. The fourth-order valence-corrected chi connectivity index (χ4v) is 1.59. The van der Waals surface area contributed by atoms with Crippen LogP contribution in [0.5, 0.6) is 0 Å². The summed E-state index contributed by atoms with van der Waals surface area (Å²) < 4.78 is 17.6. The van der Waals surface area contributed by atoms with Gasteiger partial charge in [0.2, 0.25) is 0 Å². The van der Waals surface area contributed by atoms with E-state index in [4.69, 9.17) is 4.74 Å². The topological polar surface area (TPSA) is 9.23 Å². The molecule has 10 heavy (non-hydrogen) atoms. The molecule has 0 bridgehead atoms. The van der Waals surface area contributed by atoms with Crippen molar-refractivity contribution < 1.29 is 9.13 Å². The predicted octanol–water partition coefficient (Wildman–Crippen LogP) is 2.31. The highest BCUT2D eigenvalue weighted by Crippen LogP contribution is 2.31. The van der Waals surface area contributed by atoms with Crippen molar-refractivity contribution in [1.82, 2.24) is 0 Å². The molecule has 0 unspecified atom stereocenters. The summed E-state index contributed by atoms with van der Waals surface area (Å²) in [6.07, 6.45) is 5.29. The second-order valence-corrected chi connectivity index (χ2v) is 3.08. The first-order valence-corrected chi connectivity index (χ1v) is 3.94. The Kier molecular flexibility index (Phi) is 2.66. The van der Waals surface area contributed by atoms with Crippen LogP contribution in [-0.2, 0) is 4.74 Å². The normalized spacial score (nSPS) is 24.6. The molecule has 0 saturated heterocycles. The molecule has 0 amide bonds. The van der Waals surface area contributed by atoms with Crippen molar-refractivity contribution in [2.45, 2.75) is 37.7 Å². The van der Waals surface area contributed by atoms with Crippen molar-refractivity contribution in [3.63, 3.8) is 0 Å². The van der Waals surface area contributed by atoms with Crippen LogP contribution >= 0.6 is 0 Å². The Morgan fingerprint density at radius 2 is 1.90 bits per heavy atom. The molecule has 0 spiro atoms. The Morgan fingerprint density at radius 3 is 2.20 bits per heavy atom. The Labute approximate surface area is 61.6 Å². The van der Waals surface area contributed by atoms with Gasteiger partial charge in [0.15, 0.2) is 0 Å². The van der Waals surface area contributed by atoms with Gasteiger partial charge in [-0.05, 0) is 12.8 Å². The summed E-state index contributed by atoms with van der Waals surface area (Å²) in [6, 6.07) is 0. The van der Waals surface area contributed by atoms with E-state index in [0.29, 0.717) is 0 Å². The maximum Gasteiger partial charge on any atom is 0.118 e. The molecule has 0 aromatic rings. The van der Waals surface area contributed by atoms with E-state index in [9.17, 15) is 4.39 Å². The molecule has 2 heteroatoms. The van der Waals surface area contributed by atoms with Crippen LogP contribution in [0.25, 0.3) is 0 Å². The first-order chi connectivity index (χ1) is 4.83. The highest BCUT2D eigenvalue weighted by atomic mass is 19.1. The molecule has 0 radical (unpaired) electrons. The van der Waals surface area contributed by atoms with Crippen LogP contribution in [0.3, 0.4) is 0 Å². The molecule has 0 aromatic heterocycles. The molecule has 0 aromatic carbocycles. The third kappa shape index (κ3) is 1.48. The lowest BCUT2D eigenvalue weighted by Crippen LogP contribution is -2.36. The van der Waals surface area contributed by atoms with E-state index in [1.807, 2.05) is 0 Å². The maximum absolute atomic E-state index is 12.4. The van der Waals surface area contributed by atoms with Gasteiger partial charge in [-0.25, -0.2) is 4.39 Å². The monoisotopic (exact) mass is 146 g/mol. The number of hydrogen-bond acceptors (Lipinski definition) is 1. The number of ether oxygens (including phenoxy) is 1. The summed E-state index contributed by atoms with van der Waals surface area (Å²) in [5.41, 5.74) is -0.405. The van der Waals surface area contributed by atoms with E-state index in [1.165, 1.54) is 6.42 Å². The summed E-state index contributed by atoms with van der Waals surface area (Å²) in [7, 11) is 1.62. The van der Waals surface area contributed by atoms with Crippen LogP contribution in [0, 0.1) is 0 Å². The minimum absolute atomic E-state index is 0.316. The fraction of sp³-hybridized carbons (Fsp3) is 1.00. The molecule has 0 aliphatic heterocycles. The van der Waals surface area contributed by atoms with Crippen LogP contribution in [-0.4, -0.2) is 19.4 Å². The molecule has 0 heterocycles. The molecular weight excluding hydrogens is 131 g/mol. The van der Waals surface area contributed by atoms with E-state index in [0.717, 1.165) is 25.7 Å². The molecule has 1 aliphatic rings. The van der Waals surface area contributed by atoms with Gasteiger partial charge in [0.1, 0.15) is 6.67 Å². The number of hydrogen-bond donors (Lipinski definition) is 0. The average Bonchev–Trinajstić information content (AvgIpc) is 2.06. The van der Waals surface area contributed by atoms with Crippen LogP contribution in [0.4, 0.5) is 4.39 Å². The molecule has 1 aliphatic carbocycles. The highest BCUT2D eigenvalue weighted by molar-refractivity contribution is 4.83. The molecule has 1 fully saturated rings. The summed E-state index contributed by atoms with van der Waals surface area (Å²) >= 11 is 0. The van der Waals surface area contributed by atoms with Gasteiger partial charge in [0, 0.05) is 7.11 Å². The predicted molar refractivity (Wildman–Crippen MR) is 38.8 cm³/mol. The first-order valence-electron chi connectivity index (χ1n) is 3.94. The second kappa shape index (κ2) is 3.33. The zero-order valence-corrected chi connectivity index (χ0v) is 6.53. The van der Waals surface area contributed by atoms with Gasteiger partial charge in [-0.1, -0.05) is 19.3 Å². The Morgan fingerprint density at radius 1 is 1.30 bits per heavy atom. The lowest BCUT2D eigenvalue weighted by Gasteiger charge is -2.33. The van der Waals surface area contributed by atoms with Gasteiger partial charge in [-0.2, -0.15) is 0 Å². The molecule has 0 N–H and O–H groups in total. The van der Waals surface area contributed by atoms with E-state index >= 15 is 0 Å². The average molecular weight is 146 g/mol. The van der Waals surface area contributed by atoms with E-state index in [1.54, 1.807) is 7.11 Å². The Hall–Kier alpha value is -0.110. The van der Waals surface area contributed by atoms with E-state index < -0.39 is 5.60 Å². The van der Waals surface area contributed by atoms with Crippen LogP contribution in [0.2, 0.25) is 0 Å². The smallest absolute Gasteiger partial charge is 0.118 e. The zero-order chi connectivity index (χ0) is 7.45. The van der Waals surface area contributed by atoms with E-state index in [2.05, 4.69) is 0 Å². The third-order valence-electron chi connectivity index (χ3n) is 2.44. The third-order valence-corrected chi connectivity index (χ3v) is 2.44. The summed E-state index contributed by atoms with van der Waals surface area (Å²) in [5, 5.41) is 0. The minimum Gasteiger partial charge on any atom is -0.376 e. The lowest BCUT2D eigenvalue weighted by molar-refractivity contribution is -0.0553.